The van der Waals surface area contributed by atoms with Crippen molar-refractivity contribution in [2.45, 2.75) is 25.1 Å². The molecule has 4 nitrogen and oxygen atoms in total. The highest BCUT2D eigenvalue weighted by Crippen LogP contribution is 2.35. The van der Waals surface area contributed by atoms with E-state index >= 15 is 0 Å². The smallest absolute Gasteiger partial charge is 0.345 e. The molecule has 0 radical (unpaired) electrons. The minimum Gasteiger partial charge on any atom is -0.345 e. The average molecular weight is 406 g/mol. The molecule has 1 unspecified atom stereocenters. The molecule has 2 aromatic carbocycles. The monoisotopic (exact) mass is 405 g/mol. The number of hydrogen-bond acceptors (Lipinski definition) is 2. The van der Waals surface area contributed by atoms with Gasteiger partial charge in [-0.05, 0) is 48.2 Å². The van der Waals surface area contributed by atoms with E-state index in [4.69, 9.17) is 11.6 Å². The number of carbonyl (C=O) groups is 1. The molecule has 1 N–H and O–H groups in total. The number of nitrogens with one attached hydrogen (secondary N) is 1. The molecule has 0 fully saturated rings. The van der Waals surface area contributed by atoms with Gasteiger partial charge in [-0.3, -0.25) is 4.79 Å². The Balaban J connectivity index is 1.68. The molecule has 28 heavy (non-hydrogen) atoms. The van der Waals surface area contributed by atoms with Crippen LogP contribution in [0.5, 0.6) is 0 Å². The zero-order valence-corrected chi connectivity index (χ0v) is 15.3. The second-order valence-electron chi connectivity index (χ2n) is 6.56. The van der Waals surface area contributed by atoms with Crippen LogP contribution in [-0.4, -0.2) is 15.7 Å². The zero-order chi connectivity index (χ0) is 19.9. The third-order valence-electron chi connectivity index (χ3n) is 4.79. The Kier molecular flexibility index (Phi) is 4.63. The number of nitrogens with zero attached hydrogens (tertiary/aromatic N) is 2. The first-order valence-corrected chi connectivity index (χ1v) is 9.02. The number of aromatic nitrogens is 2. The number of rotatable bonds is 3. The first-order chi connectivity index (χ1) is 13.3. The predicted molar refractivity (Wildman–Crippen MR) is 98.5 cm³/mol. The maximum absolute atomic E-state index is 13.8. The zero-order valence-electron chi connectivity index (χ0n) is 14.5. The van der Waals surface area contributed by atoms with Crippen LogP contribution in [0.1, 0.15) is 39.6 Å². The van der Waals surface area contributed by atoms with Crippen molar-refractivity contribution in [1.29, 1.82) is 0 Å². The van der Waals surface area contributed by atoms with Crippen molar-refractivity contribution in [3.05, 3.63) is 82.1 Å². The van der Waals surface area contributed by atoms with Crippen LogP contribution in [-0.2, 0) is 12.6 Å². The maximum atomic E-state index is 13.8. The third-order valence-corrected chi connectivity index (χ3v) is 5.04. The van der Waals surface area contributed by atoms with Crippen LogP contribution in [0, 0.1) is 0 Å². The molecule has 3 aromatic rings. The van der Waals surface area contributed by atoms with E-state index in [9.17, 15) is 18.0 Å². The Morgan fingerprint density at radius 1 is 1.14 bits per heavy atom. The quantitative estimate of drug-likeness (QED) is 0.669. The second kappa shape index (κ2) is 6.98. The lowest BCUT2D eigenvalue weighted by molar-refractivity contribution is -0.143. The van der Waals surface area contributed by atoms with E-state index in [0.717, 1.165) is 23.7 Å². The summed E-state index contributed by atoms with van der Waals surface area (Å²) in [4.78, 5) is 12.7. The van der Waals surface area contributed by atoms with Gasteiger partial charge < -0.3 is 5.32 Å². The molecule has 0 aliphatic heterocycles. The first kappa shape index (κ1) is 18.6. The average Bonchev–Trinajstić information content (AvgIpc) is 3.27. The fourth-order valence-corrected chi connectivity index (χ4v) is 3.63. The summed E-state index contributed by atoms with van der Waals surface area (Å²) in [7, 11) is 0. The summed E-state index contributed by atoms with van der Waals surface area (Å²) in [6.07, 6.45) is -2.38. The van der Waals surface area contributed by atoms with Gasteiger partial charge in [-0.1, -0.05) is 35.9 Å². The minimum atomic E-state index is -4.75. The van der Waals surface area contributed by atoms with Crippen LogP contribution in [0.4, 0.5) is 13.2 Å². The lowest BCUT2D eigenvalue weighted by atomic mass is 10.1. The molecule has 0 saturated heterocycles. The number of halogens is 4. The fourth-order valence-electron chi connectivity index (χ4n) is 3.51. The lowest BCUT2D eigenvalue weighted by Crippen LogP contribution is -2.29. The van der Waals surface area contributed by atoms with Gasteiger partial charge in [-0.25, -0.2) is 4.68 Å². The van der Waals surface area contributed by atoms with Gasteiger partial charge in [-0.2, -0.15) is 18.3 Å². The summed E-state index contributed by atoms with van der Waals surface area (Å²) in [5.74, 6) is -0.797. The van der Waals surface area contributed by atoms with Gasteiger partial charge in [-0.15, -0.1) is 0 Å². The molecular weight excluding hydrogens is 391 g/mol. The van der Waals surface area contributed by atoms with Crippen LogP contribution >= 0.6 is 11.6 Å². The molecule has 1 amide bonds. The summed E-state index contributed by atoms with van der Waals surface area (Å²) in [6, 6.07) is 13.0. The van der Waals surface area contributed by atoms with Crippen LogP contribution < -0.4 is 5.32 Å². The van der Waals surface area contributed by atoms with Gasteiger partial charge in [0.05, 0.1) is 23.5 Å². The molecule has 0 bridgehead atoms. The topological polar surface area (TPSA) is 46.9 Å². The first-order valence-electron chi connectivity index (χ1n) is 8.64. The van der Waals surface area contributed by atoms with E-state index in [2.05, 4.69) is 10.4 Å². The Bertz CT molecular complexity index is 1030. The molecule has 1 aliphatic rings. The molecule has 1 aliphatic carbocycles. The van der Waals surface area contributed by atoms with Crippen molar-refractivity contribution in [1.82, 2.24) is 15.1 Å². The summed E-state index contributed by atoms with van der Waals surface area (Å²) in [5, 5.41) is 6.93. The normalized spacial score (nSPS) is 16.1. The van der Waals surface area contributed by atoms with Crippen LogP contribution in [0.25, 0.3) is 5.69 Å². The Labute approximate surface area is 163 Å². The van der Waals surface area contributed by atoms with Gasteiger partial charge in [0, 0.05) is 5.02 Å². The van der Waals surface area contributed by atoms with Crippen molar-refractivity contribution < 1.29 is 18.0 Å². The Morgan fingerprint density at radius 2 is 1.86 bits per heavy atom. The Morgan fingerprint density at radius 3 is 2.57 bits per heavy atom. The van der Waals surface area contributed by atoms with Crippen molar-refractivity contribution in [2.24, 2.45) is 0 Å². The molecule has 0 saturated carbocycles. The van der Waals surface area contributed by atoms with Crippen LogP contribution in [0.15, 0.2) is 54.7 Å². The van der Waals surface area contributed by atoms with E-state index in [1.165, 1.54) is 24.3 Å². The molecule has 8 heteroatoms. The molecule has 1 atom stereocenters. The number of hydrogen-bond donors (Lipinski definition) is 1. The van der Waals surface area contributed by atoms with E-state index in [0.29, 0.717) is 16.1 Å². The molecule has 1 aromatic heterocycles. The highest BCUT2D eigenvalue weighted by molar-refractivity contribution is 6.30. The van der Waals surface area contributed by atoms with Gasteiger partial charge >= 0.3 is 6.18 Å². The minimum absolute atomic E-state index is 0.169. The molecule has 0 spiro atoms. The van der Waals surface area contributed by atoms with Gasteiger partial charge in [0.2, 0.25) is 0 Å². The van der Waals surface area contributed by atoms with Crippen molar-refractivity contribution >= 4 is 17.5 Å². The van der Waals surface area contributed by atoms with Gasteiger partial charge in [0.1, 0.15) is 0 Å². The highest BCUT2D eigenvalue weighted by Gasteiger charge is 2.41. The number of amides is 1. The molecule has 1 heterocycles. The van der Waals surface area contributed by atoms with E-state index in [-0.39, 0.29) is 11.7 Å². The molecule has 144 valence electrons. The second-order valence-corrected chi connectivity index (χ2v) is 6.99. The maximum Gasteiger partial charge on any atom is 0.434 e. The predicted octanol–water partition coefficient (Wildman–Crippen LogP) is 4.96. The molecular formula is C20H15ClF3N3O. The van der Waals surface area contributed by atoms with Crippen LogP contribution in [0.2, 0.25) is 5.02 Å². The largest absolute Gasteiger partial charge is 0.434 e. The summed E-state index contributed by atoms with van der Waals surface area (Å²) < 4.78 is 42.0. The van der Waals surface area contributed by atoms with E-state index in [1.54, 1.807) is 0 Å². The lowest BCUT2D eigenvalue weighted by Gasteiger charge is -2.16. The van der Waals surface area contributed by atoms with Crippen molar-refractivity contribution in [3.63, 3.8) is 0 Å². The standard InChI is InChI=1S/C20H15ClF3N3O/c21-13-6-8-14(9-7-13)27-18(20(22,23)24)16(11-25-27)19(28)26-17-10-5-12-3-1-2-4-15(12)17/h1-4,6-9,11,17H,5,10H2,(H,26,28). The number of carbonyl (C=O) groups excluding carboxylic acids is 1. The van der Waals surface area contributed by atoms with Crippen molar-refractivity contribution in [3.8, 4) is 5.69 Å². The summed E-state index contributed by atoms with van der Waals surface area (Å²) in [6.45, 7) is 0. The Hall–Kier alpha value is -2.80. The number of benzene rings is 2. The van der Waals surface area contributed by atoms with Crippen molar-refractivity contribution in [2.75, 3.05) is 0 Å². The summed E-state index contributed by atoms with van der Waals surface area (Å²) >= 11 is 5.80. The van der Waals surface area contributed by atoms with E-state index < -0.39 is 23.3 Å². The van der Waals surface area contributed by atoms with Gasteiger partial charge in [0.15, 0.2) is 5.69 Å². The van der Waals surface area contributed by atoms with Crippen LogP contribution in [0.3, 0.4) is 0 Å². The molecule has 4 rings (SSSR count). The number of alkyl halides is 3. The van der Waals surface area contributed by atoms with E-state index in [1.807, 2.05) is 24.3 Å². The highest BCUT2D eigenvalue weighted by atomic mass is 35.5. The SMILES string of the molecule is O=C(NC1CCc2ccccc21)c1cnn(-c2ccc(Cl)cc2)c1C(F)(F)F. The fraction of sp³-hybridized carbons (Fsp3) is 0.200. The number of aryl methyl sites for hydroxylation is 1. The number of fused-ring (bicyclic) bond motifs is 1. The summed E-state index contributed by atoms with van der Waals surface area (Å²) in [5.41, 5.74) is 0.586. The van der Waals surface area contributed by atoms with Gasteiger partial charge in [0.25, 0.3) is 5.91 Å². The third kappa shape index (κ3) is 3.38.